The van der Waals surface area contributed by atoms with Gasteiger partial charge >= 0.3 is 6.03 Å². The summed E-state index contributed by atoms with van der Waals surface area (Å²) in [7, 11) is 1.83. The second-order valence-corrected chi connectivity index (χ2v) is 5.51. The molecule has 110 valence electrons. The Labute approximate surface area is 123 Å². The van der Waals surface area contributed by atoms with Crippen LogP contribution in [0.5, 0.6) is 0 Å². The highest BCUT2D eigenvalue weighted by Crippen LogP contribution is 2.23. The molecule has 0 N–H and O–H groups in total. The van der Waals surface area contributed by atoms with Gasteiger partial charge in [-0.25, -0.2) is 14.2 Å². The van der Waals surface area contributed by atoms with Crippen molar-refractivity contribution >= 4 is 6.03 Å². The summed E-state index contributed by atoms with van der Waals surface area (Å²) in [5, 5.41) is 0. The molecule has 1 aromatic carbocycles. The van der Waals surface area contributed by atoms with Crippen LogP contribution in [0.4, 0.5) is 9.18 Å². The van der Waals surface area contributed by atoms with Gasteiger partial charge in [0.05, 0.1) is 5.69 Å². The van der Waals surface area contributed by atoms with Gasteiger partial charge in [0, 0.05) is 24.8 Å². The summed E-state index contributed by atoms with van der Waals surface area (Å²) < 4.78 is 14.7. The number of aromatic nitrogens is 2. The first kappa shape index (κ1) is 13.8. The predicted octanol–water partition coefficient (Wildman–Crippen LogP) is 3.53. The average Bonchev–Trinajstić information content (AvgIpc) is 3.17. The number of nitrogens with zero attached hydrogens (tertiary/aromatic N) is 3. The van der Waals surface area contributed by atoms with Gasteiger partial charge in [-0.15, -0.1) is 0 Å². The molecule has 1 fully saturated rings. The third-order valence-electron chi connectivity index (χ3n) is 4.10. The molecule has 0 radical (unpaired) electrons. The molecule has 1 heterocycles. The van der Waals surface area contributed by atoms with Crippen LogP contribution in [0, 0.1) is 5.82 Å². The molecule has 2 aromatic rings. The lowest BCUT2D eigenvalue weighted by Crippen LogP contribution is -2.37. The maximum Gasteiger partial charge on any atom is 0.329 e. The number of carbonyl (C=O) groups is 1. The smallest absolute Gasteiger partial charge is 0.324 e. The molecule has 5 heteroatoms. The number of imidazole rings is 1. The molecule has 1 amide bonds. The molecule has 0 bridgehead atoms. The van der Waals surface area contributed by atoms with Crippen LogP contribution in [0.2, 0.25) is 0 Å². The summed E-state index contributed by atoms with van der Waals surface area (Å²) >= 11 is 0. The maximum atomic E-state index is 13.2. The zero-order chi connectivity index (χ0) is 14.8. The summed E-state index contributed by atoms with van der Waals surface area (Å²) in [6, 6.07) is 6.45. The summed E-state index contributed by atoms with van der Waals surface area (Å²) in [6.45, 7) is 0. The van der Waals surface area contributed by atoms with E-state index in [4.69, 9.17) is 0 Å². The van der Waals surface area contributed by atoms with Crippen LogP contribution >= 0.6 is 0 Å². The lowest BCUT2D eigenvalue weighted by molar-refractivity contribution is 0.192. The van der Waals surface area contributed by atoms with Crippen LogP contribution < -0.4 is 0 Å². The van der Waals surface area contributed by atoms with Crippen LogP contribution in [0.25, 0.3) is 11.3 Å². The first-order chi connectivity index (χ1) is 10.1. The van der Waals surface area contributed by atoms with Gasteiger partial charge in [0.1, 0.15) is 12.1 Å². The Kier molecular flexibility index (Phi) is 3.73. The number of rotatable bonds is 2. The number of benzene rings is 1. The van der Waals surface area contributed by atoms with Crippen molar-refractivity contribution in [2.75, 3.05) is 7.05 Å². The van der Waals surface area contributed by atoms with Crippen molar-refractivity contribution in [3.05, 3.63) is 42.6 Å². The van der Waals surface area contributed by atoms with Crippen LogP contribution in [0.1, 0.15) is 25.7 Å². The van der Waals surface area contributed by atoms with E-state index in [2.05, 4.69) is 4.98 Å². The minimum absolute atomic E-state index is 0.0861. The Hall–Kier alpha value is -2.17. The molecule has 1 aromatic heterocycles. The highest BCUT2D eigenvalue weighted by Gasteiger charge is 2.24. The van der Waals surface area contributed by atoms with E-state index in [0.29, 0.717) is 17.3 Å². The Morgan fingerprint density at radius 3 is 2.86 bits per heavy atom. The Balaban J connectivity index is 1.79. The van der Waals surface area contributed by atoms with Gasteiger partial charge < -0.3 is 4.90 Å². The lowest BCUT2D eigenvalue weighted by Gasteiger charge is -2.23. The molecule has 1 aliphatic rings. The molecule has 0 atom stereocenters. The van der Waals surface area contributed by atoms with E-state index >= 15 is 0 Å². The number of carbonyl (C=O) groups excluding carboxylic acids is 1. The standard InChI is InChI=1S/C16H18FN3O/c1-19(14-7-2-3-8-14)16(21)20-10-15(18-11-20)12-5-4-6-13(17)9-12/h4-6,9-11,14H,2-3,7-8H2,1H3. The van der Waals surface area contributed by atoms with Crippen molar-refractivity contribution < 1.29 is 9.18 Å². The molecule has 21 heavy (non-hydrogen) atoms. The van der Waals surface area contributed by atoms with E-state index in [1.54, 1.807) is 23.2 Å². The first-order valence-electron chi connectivity index (χ1n) is 7.22. The monoisotopic (exact) mass is 287 g/mol. The fourth-order valence-electron chi connectivity index (χ4n) is 2.85. The predicted molar refractivity (Wildman–Crippen MR) is 78.4 cm³/mol. The number of hydrogen-bond acceptors (Lipinski definition) is 2. The molecule has 1 saturated carbocycles. The zero-order valence-corrected chi connectivity index (χ0v) is 12.0. The second kappa shape index (κ2) is 5.68. The highest BCUT2D eigenvalue weighted by atomic mass is 19.1. The van der Waals surface area contributed by atoms with Gasteiger partial charge in [0.2, 0.25) is 0 Å². The fourth-order valence-corrected chi connectivity index (χ4v) is 2.85. The summed E-state index contributed by atoms with van der Waals surface area (Å²) in [5.74, 6) is -0.309. The minimum Gasteiger partial charge on any atom is -0.324 e. The molecule has 0 saturated heterocycles. The third kappa shape index (κ3) is 2.82. The summed E-state index contributed by atoms with van der Waals surface area (Å²) in [5.41, 5.74) is 1.27. The Morgan fingerprint density at radius 2 is 2.14 bits per heavy atom. The molecule has 0 aliphatic heterocycles. The molecular weight excluding hydrogens is 269 g/mol. The van der Waals surface area contributed by atoms with Crippen molar-refractivity contribution in [2.45, 2.75) is 31.7 Å². The van der Waals surface area contributed by atoms with Gasteiger partial charge in [-0.05, 0) is 25.0 Å². The van der Waals surface area contributed by atoms with Gasteiger partial charge in [0.25, 0.3) is 0 Å². The van der Waals surface area contributed by atoms with Crippen LogP contribution in [-0.4, -0.2) is 33.6 Å². The number of amides is 1. The lowest BCUT2D eigenvalue weighted by atomic mass is 10.2. The molecular formula is C16H18FN3O. The Bertz CT molecular complexity index is 646. The molecule has 4 nitrogen and oxygen atoms in total. The van der Waals surface area contributed by atoms with Gasteiger partial charge in [-0.1, -0.05) is 25.0 Å². The zero-order valence-electron chi connectivity index (χ0n) is 12.0. The highest BCUT2D eigenvalue weighted by molar-refractivity contribution is 5.78. The minimum atomic E-state index is -0.309. The largest absolute Gasteiger partial charge is 0.329 e. The second-order valence-electron chi connectivity index (χ2n) is 5.51. The normalized spacial score (nSPS) is 15.3. The van der Waals surface area contributed by atoms with E-state index in [9.17, 15) is 9.18 Å². The Morgan fingerprint density at radius 1 is 1.38 bits per heavy atom. The average molecular weight is 287 g/mol. The molecule has 1 aliphatic carbocycles. The van der Waals surface area contributed by atoms with Gasteiger partial charge in [-0.3, -0.25) is 4.57 Å². The van der Waals surface area contributed by atoms with Gasteiger partial charge in [-0.2, -0.15) is 0 Å². The SMILES string of the molecule is CN(C(=O)n1cnc(-c2cccc(F)c2)c1)C1CCCC1. The molecule has 0 unspecified atom stereocenters. The quantitative estimate of drug-likeness (QED) is 0.847. The number of halogens is 1. The van der Waals surface area contributed by atoms with E-state index in [1.165, 1.54) is 35.9 Å². The number of hydrogen-bond donors (Lipinski definition) is 0. The van der Waals surface area contributed by atoms with Crippen molar-refractivity contribution in [1.82, 2.24) is 14.5 Å². The van der Waals surface area contributed by atoms with Crippen LogP contribution in [0.15, 0.2) is 36.8 Å². The van der Waals surface area contributed by atoms with Crippen LogP contribution in [0.3, 0.4) is 0 Å². The van der Waals surface area contributed by atoms with Crippen molar-refractivity contribution in [3.8, 4) is 11.3 Å². The van der Waals surface area contributed by atoms with E-state index in [0.717, 1.165) is 12.8 Å². The fraction of sp³-hybridized carbons (Fsp3) is 0.375. The van der Waals surface area contributed by atoms with E-state index in [-0.39, 0.29) is 11.8 Å². The first-order valence-corrected chi connectivity index (χ1v) is 7.22. The topological polar surface area (TPSA) is 38.1 Å². The summed E-state index contributed by atoms with van der Waals surface area (Å²) in [6.07, 6.45) is 7.64. The van der Waals surface area contributed by atoms with Crippen molar-refractivity contribution in [1.29, 1.82) is 0 Å². The third-order valence-corrected chi connectivity index (χ3v) is 4.10. The van der Waals surface area contributed by atoms with E-state index < -0.39 is 0 Å². The van der Waals surface area contributed by atoms with Gasteiger partial charge in [0.15, 0.2) is 0 Å². The van der Waals surface area contributed by atoms with Crippen molar-refractivity contribution in [3.63, 3.8) is 0 Å². The molecule has 0 spiro atoms. The molecule has 3 rings (SSSR count). The van der Waals surface area contributed by atoms with Crippen LogP contribution in [-0.2, 0) is 0 Å². The van der Waals surface area contributed by atoms with E-state index in [1.807, 2.05) is 7.05 Å². The van der Waals surface area contributed by atoms with Crippen molar-refractivity contribution in [2.24, 2.45) is 0 Å². The summed E-state index contributed by atoms with van der Waals surface area (Å²) in [4.78, 5) is 18.4. The maximum absolute atomic E-state index is 13.2.